The third kappa shape index (κ3) is 9.22. The second-order valence-electron chi connectivity index (χ2n) is 11.8. The number of carboxylic acids is 1. The zero-order valence-electron chi connectivity index (χ0n) is 26.0. The van der Waals surface area contributed by atoms with Gasteiger partial charge < -0.3 is 45.3 Å². The Morgan fingerprint density at radius 2 is 1.70 bits per heavy atom. The summed E-state index contributed by atoms with van der Waals surface area (Å²) in [6, 6.07) is 4.12. The van der Waals surface area contributed by atoms with Crippen LogP contribution >= 0.6 is 0 Å². The Morgan fingerprint density at radius 1 is 1.00 bits per heavy atom. The number of aliphatic carboxylic acids is 1. The van der Waals surface area contributed by atoms with Gasteiger partial charge in [-0.3, -0.25) is 28.9 Å². The Hall–Kier alpha value is -4.12. The van der Waals surface area contributed by atoms with Crippen LogP contribution in [0.15, 0.2) is 18.2 Å². The molecule has 0 aromatic heterocycles. The maximum absolute atomic E-state index is 12.8. The average Bonchev–Trinajstić information content (AvgIpc) is 3.28. The molecule has 2 heterocycles. The largest absolute Gasteiger partial charge is 0.479 e. The third-order valence-electron chi connectivity index (χ3n) is 7.58. The van der Waals surface area contributed by atoms with E-state index >= 15 is 0 Å². The van der Waals surface area contributed by atoms with E-state index in [-0.39, 0.29) is 68.1 Å². The van der Waals surface area contributed by atoms with Gasteiger partial charge in [-0.1, -0.05) is 27.7 Å². The normalized spacial score (nSPS) is 24.7. The minimum absolute atomic E-state index is 0.00205. The molecular formula is C30H41N3O13. The van der Waals surface area contributed by atoms with E-state index in [1.54, 1.807) is 13.8 Å². The molecule has 46 heavy (non-hydrogen) atoms. The van der Waals surface area contributed by atoms with Gasteiger partial charge in [0, 0.05) is 49.9 Å². The minimum atomic E-state index is -1.91. The molecule has 16 heteroatoms. The van der Waals surface area contributed by atoms with Crippen molar-refractivity contribution < 1.29 is 63.4 Å². The zero-order chi connectivity index (χ0) is 34.3. The molecule has 2 saturated heterocycles. The molecule has 2 fully saturated rings. The highest BCUT2D eigenvalue weighted by atomic mass is 16.7. The molecule has 0 saturated carbocycles. The van der Waals surface area contributed by atoms with Crippen molar-refractivity contribution in [2.45, 2.75) is 84.3 Å². The molecule has 16 nitrogen and oxygen atoms in total. The van der Waals surface area contributed by atoms with E-state index in [9.17, 15) is 49.2 Å². The summed E-state index contributed by atoms with van der Waals surface area (Å²) in [7, 11) is 0. The molecular weight excluding hydrogens is 610 g/mol. The number of imide groups is 1. The third-order valence-corrected chi connectivity index (χ3v) is 7.58. The SMILES string of the molecule is CC(C)C(=O)OCc1ccc(OC2OC(C(=O)O)C(O)C(O)C2O)cc1NC(=O)CCNC(=O)CCN1C(=O)CC(C(C)C)C1=O. The second kappa shape index (κ2) is 15.9. The smallest absolute Gasteiger partial charge is 0.335 e. The van der Waals surface area contributed by atoms with Crippen LogP contribution < -0.4 is 15.4 Å². The van der Waals surface area contributed by atoms with Gasteiger partial charge in [0.15, 0.2) is 6.10 Å². The van der Waals surface area contributed by atoms with Gasteiger partial charge in [-0.05, 0) is 18.1 Å². The number of aliphatic hydroxyl groups excluding tert-OH is 3. The molecule has 3 rings (SSSR count). The summed E-state index contributed by atoms with van der Waals surface area (Å²) in [5, 5.41) is 44.7. The highest BCUT2D eigenvalue weighted by Crippen LogP contribution is 2.29. The van der Waals surface area contributed by atoms with Crippen molar-refractivity contribution in [1.82, 2.24) is 10.2 Å². The van der Waals surface area contributed by atoms with Crippen molar-refractivity contribution >= 4 is 41.3 Å². The fourth-order valence-electron chi connectivity index (χ4n) is 4.76. The molecule has 4 amide bonds. The number of carbonyl (C=O) groups is 6. The maximum atomic E-state index is 12.8. The number of carbonyl (C=O) groups excluding carboxylic acids is 5. The summed E-state index contributed by atoms with van der Waals surface area (Å²) < 4.78 is 16.0. The van der Waals surface area contributed by atoms with Crippen molar-refractivity contribution in [2.24, 2.45) is 17.8 Å². The first-order valence-electron chi connectivity index (χ1n) is 14.9. The predicted molar refractivity (Wildman–Crippen MR) is 157 cm³/mol. The monoisotopic (exact) mass is 651 g/mol. The van der Waals surface area contributed by atoms with E-state index in [0.717, 1.165) is 4.90 Å². The van der Waals surface area contributed by atoms with E-state index < -0.39 is 66.3 Å². The quantitative estimate of drug-likeness (QED) is 0.110. The van der Waals surface area contributed by atoms with Gasteiger partial charge in [0.25, 0.3) is 0 Å². The lowest BCUT2D eigenvalue weighted by Gasteiger charge is -2.38. The van der Waals surface area contributed by atoms with Crippen LogP contribution in [-0.2, 0) is 44.8 Å². The van der Waals surface area contributed by atoms with Crippen molar-refractivity contribution in [2.75, 3.05) is 18.4 Å². The van der Waals surface area contributed by atoms with Crippen LogP contribution in [0.5, 0.6) is 5.75 Å². The van der Waals surface area contributed by atoms with Crippen LogP contribution in [-0.4, -0.2) is 105 Å². The number of nitrogens with zero attached hydrogens (tertiary/aromatic N) is 1. The number of rotatable bonds is 14. The number of aliphatic hydroxyl groups is 3. The van der Waals surface area contributed by atoms with Crippen molar-refractivity contribution in [3.05, 3.63) is 23.8 Å². The molecule has 0 spiro atoms. The number of hydrogen-bond acceptors (Lipinski definition) is 12. The van der Waals surface area contributed by atoms with Gasteiger partial charge in [-0.2, -0.15) is 0 Å². The number of nitrogens with one attached hydrogen (secondary N) is 2. The lowest BCUT2D eigenvalue weighted by atomic mass is 9.94. The molecule has 0 radical (unpaired) electrons. The molecule has 1 aromatic rings. The Kier molecular flexibility index (Phi) is 12.6. The van der Waals surface area contributed by atoms with Crippen LogP contribution in [0.1, 0.15) is 52.5 Å². The molecule has 0 bridgehead atoms. The second-order valence-corrected chi connectivity index (χ2v) is 11.8. The van der Waals surface area contributed by atoms with Gasteiger partial charge in [-0.25, -0.2) is 4.79 Å². The average molecular weight is 652 g/mol. The van der Waals surface area contributed by atoms with Crippen molar-refractivity contribution in [1.29, 1.82) is 0 Å². The maximum Gasteiger partial charge on any atom is 0.335 e. The Bertz CT molecular complexity index is 1320. The molecule has 254 valence electrons. The fraction of sp³-hybridized carbons (Fsp3) is 0.600. The highest BCUT2D eigenvalue weighted by Gasteiger charge is 2.48. The van der Waals surface area contributed by atoms with Crippen molar-refractivity contribution in [3.8, 4) is 5.75 Å². The number of amides is 4. The van der Waals surface area contributed by atoms with Crippen LogP contribution in [0.25, 0.3) is 0 Å². The number of anilines is 1. The van der Waals surface area contributed by atoms with Crippen LogP contribution in [0.2, 0.25) is 0 Å². The number of carboxylic acid groups (broad SMARTS) is 1. The van der Waals surface area contributed by atoms with Gasteiger partial charge >= 0.3 is 11.9 Å². The van der Waals surface area contributed by atoms with E-state index in [1.807, 2.05) is 13.8 Å². The molecule has 2 aliphatic heterocycles. The van der Waals surface area contributed by atoms with Gasteiger partial charge in [0.1, 0.15) is 30.7 Å². The summed E-state index contributed by atoms with van der Waals surface area (Å²) in [6.07, 6.45) is -9.42. The van der Waals surface area contributed by atoms with Crippen LogP contribution in [0.4, 0.5) is 5.69 Å². The van der Waals surface area contributed by atoms with E-state index in [2.05, 4.69) is 10.6 Å². The Morgan fingerprint density at radius 3 is 2.30 bits per heavy atom. The summed E-state index contributed by atoms with van der Waals surface area (Å²) in [5.41, 5.74) is 0.471. The zero-order valence-corrected chi connectivity index (χ0v) is 26.0. The molecule has 0 aliphatic carbocycles. The van der Waals surface area contributed by atoms with E-state index in [1.165, 1.54) is 18.2 Å². The summed E-state index contributed by atoms with van der Waals surface area (Å²) in [6.45, 7) is 6.62. The number of esters is 1. The molecule has 1 aromatic carbocycles. The summed E-state index contributed by atoms with van der Waals surface area (Å²) in [5.74, 6) is -4.58. The van der Waals surface area contributed by atoms with E-state index in [0.29, 0.717) is 5.56 Å². The van der Waals surface area contributed by atoms with E-state index in [4.69, 9.17) is 14.2 Å². The first kappa shape index (κ1) is 36.3. The van der Waals surface area contributed by atoms with Gasteiger partial charge in [0.05, 0.1) is 11.6 Å². The topological polar surface area (TPSA) is 238 Å². The van der Waals surface area contributed by atoms with Crippen molar-refractivity contribution in [3.63, 3.8) is 0 Å². The van der Waals surface area contributed by atoms with Gasteiger partial charge in [0.2, 0.25) is 29.9 Å². The van der Waals surface area contributed by atoms with Crippen LogP contribution in [0, 0.1) is 17.8 Å². The lowest BCUT2D eigenvalue weighted by molar-refractivity contribution is -0.271. The minimum Gasteiger partial charge on any atom is -0.479 e. The van der Waals surface area contributed by atoms with Gasteiger partial charge in [-0.15, -0.1) is 0 Å². The number of likely N-dealkylation sites (tertiary alicyclic amines) is 1. The molecule has 2 aliphatic rings. The summed E-state index contributed by atoms with van der Waals surface area (Å²) in [4.78, 5) is 74.3. The number of hydrogen-bond donors (Lipinski definition) is 6. The first-order valence-corrected chi connectivity index (χ1v) is 14.9. The lowest BCUT2D eigenvalue weighted by Crippen LogP contribution is -2.61. The molecule has 6 unspecified atom stereocenters. The predicted octanol–water partition coefficient (Wildman–Crippen LogP) is -0.477. The number of benzene rings is 1. The first-order chi connectivity index (χ1) is 21.6. The molecule has 6 N–H and O–H groups in total. The highest BCUT2D eigenvalue weighted by molar-refractivity contribution is 6.04. The van der Waals surface area contributed by atoms with Crippen LogP contribution in [0.3, 0.4) is 0 Å². The standard InChI is InChI=1S/C30H41N3O13/c1-14(2)18-12-22(36)33(27(18)40)10-8-20(34)31-9-7-21(35)32-19-11-17(6-5-16(19)13-44-29(43)15(3)4)45-30-25(39)23(37)24(38)26(46-30)28(41)42/h5-6,11,14-15,18,23-26,30,37-39H,7-10,12-13H2,1-4H3,(H,31,34)(H,32,35)(H,41,42). The Balaban J connectivity index is 1.62. The summed E-state index contributed by atoms with van der Waals surface area (Å²) >= 11 is 0. The number of ether oxygens (including phenoxy) is 3. The molecule has 6 atom stereocenters. The Labute approximate surface area is 265 Å². The fourth-order valence-corrected chi connectivity index (χ4v) is 4.76.